The van der Waals surface area contributed by atoms with E-state index in [0.717, 1.165) is 24.3 Å². The van der Waals surface area contributed by atoms with E-state index >= 15 is 0 Å². The van der Waals surface area contributed by atoms with Crippen molar-refractivity contribution in [2.45, 2.75) is 31.7 Å². The molecule has 4 unspecified atom stereocenters. The first-order valence-corrected chi connectivity index (χ1v) is 8.06. The molecule has 3 aliphatic rings. The zero-order valence-electron chi connectivity index (χ0n) is 10.1. The molecule has 3 heteroatoms. The van der Waals surface area contributed by atoms with Crippen LogP contribution in [0.5, 0.6) is 0 Å². The van der Waals surface area contributed by atoms with Gasteiger partial charge in [0.15, 0.2) is 0 Å². The van der Waals surface area contributed by atoms with E-state index in [1.54, 1.807) is 0 Å². The maximum absolute atomic E-state index is 6.03. The summed E-state index contributed by atoms with van der Waals surface area (Å²) in [5, 5.41) is 0. The lowest BCUT2D eigenvalue weighted by atomic mass is 9.98. The SMILES string of the molecule is NCC(C1CCSC1)N1CC2CCCC2C1. The van der Waals surface area contributed by atoms with Gasteiger partial charge < -0.3 is 5.73 Å². The molecule has 0 amide bonds. The summed E-state index contributed by atoms with van der Waals surface area (Å²) in [4.78, 5) is 2.74. The van der Waals surface area contributed by atoms with Crippen molar-refractivity contribution in [2.75, 3.05) is 31.1 Å². The van der Waals surface area contributed by atoms with E-state index < -0.39 is 0 Å². The molecule has 1 aliphatic carbocycles. The van der Waals surface area contributed by atoms with Crippen LogP contribution in [0.1, 0.15) is 25.7 Å². The predicted molar refractivity (Wildman–Crippen MR) is 70.7 cm³/mol. The zero-order chi connectivity index (χ0) is 11.0. The van der Waals surface area contributed by atoms with Gasteiger partial charge in [-0.1, -0.05) is 6.42 Å². The van der Waals surface area contributed by atoms with E-state index in [-0.39, 0.29) is 0 Å². The van der Waals surface area contributed by atoms with Crippen molar-refractivity contribution in [3.05, 3.63) is 0 Å². The first-order valence-electron chi connectivity index (χ1n) is 6.90. The van der Waals surface area contributed by atoms with Crippen molar-refractivity contribution >= 4 is 11.8 Å². The minimum absolute atomic E-state index is 0.695. The second-order valence-electron chi connectivity index (χ2n) is 5.83. The van der Waals surface area contributed by atoms with Gasteiger partial charge in [-0.15, -0.1) is 0 Å². The number of thioether (sulfide) groups is 1. The predicted octanol–water partition coefficient (Wildman–Crippen LogP) is 1.80. The van der Waals surface area contributed by atoms with E-state index in [9.17, 15) is 0 Å². The Balaban J connectivity index is 1.62. The smallest absolute Gasteiger partial charge is 0.0255 e. The molecular formula is C13H24N2S. The monoisotopic (exact) mass is 240 g/mol. The molecule has 0 spiro atoms. The van der Waals surface area contributed by atoms with Gasteiger partial charge in [-0.05, 0) is 48.5 Å². The number of hydrogen-bond donors (Lipinski definition) is 1. The Morgan fingerprint density at radius 3 is 2.50 bits per heavy atom. The van der Waals surface area contributed by atoms with Crippen LogP contribution in [-0.4, -0.2) is 42.1 Å². The molecule has 0 aromatic heterocycles. The molecule has 0 aromatic carbocycles. The molecule has 0 radical (unpaired) electrons. The van der Waals surface area contributed by atoms with Crippen LogP contribution in [0.3, 0.4) is 0 Å². The number of fused-ring (bicyclic) bond motifs is 1. The molecular weight excluding hydrogens is 216 g/mol. The highest BCUT2D eigenvalue weighted by Gasteiger charge is 2.40. The molecule has 2 aliphatic heterocycles. The van der Waals surface area contributed by atoms with Gasteiger partial charge in [-0.25, -0.2) is 0 Å². The molecule has 3 rings (SSSR count). The topological polar surface area (TPSA) is 29.3 Å². The largest absolute Gasteiger partial charge is 0.329 e. The highest BCUT2D eigenvalue weighted by Crippen LogP contribution is 2.40. The Morgan fingerprint density at radius 2 is 1.94 bits per heavy atom. The average Bonchev–Trinajstić information content (AvgIpc) is 2.91. The van der Waals surface area contributed by atoms with Gasteiger partial charge in [0, 0.05) is 25.7 Å². The lowest BCUT2D eigenvalue weighted by Crippen LogP contribution is -2.45. The van der Waals surface area contributed by atoms with Crippen LogP contribution in [0.2, 0.25) is 0 Å². The zero-order valence-corrected chi connectivity index (χ0v) is 10.9. The van der Waals surface area contributed by atoms with Gasteiger partial charge in [0.2, 0.25) is 0 Å². The molecule has 2 N–H and O–H groups in total. The van der Waals surface area contributed by atoms with Crippen molar-refractivity contribution in [3.63, 3.8) is 0 Å². The normalized spacial score (nSPS) is 41.4. The highest BCUT2D eigenvalue weighted by molar-refractivity contribution is 7.99. The summed E-state index contributed by atoms with van der Waals surface area (Å²) in [6.07, 6.45) is 5.85. The Hall–Kier alpha value is 0.270. The fraction of sp³-hybridized carbons (Fsp3) is 1.00. The second-order valence-corrected chi connectivity index (χ2v) is 6.98. The Morgan fingerprint density at radius 1 is 1.19 bits per heavy atom. The molecule has 0 bridgehead atoms. The third-order valence-corrected chi connectivity index (χ3v) is 6.16. The molecule has 3 fully saturated rings. The van der Waals surface area contributed by atoms with Crippen molar-refractivity contribution in [1.82, 2.24) is 4.90 Å². The Kier molecular flexibility index (Phi) is 3.46. The standard InChI is InChI=1S/C13H24N2S/c14-6-13(12-4-5-16-9-12)15-7-10-2-1-3-11(10)8-15/h10-13H,1-9,14H2. The van der Waals surface area contributed by atoms with Crippen LogP contribution in [0.15, 0.2) is 0 Å². The Labute approximate surface area is 103 Å². The number of nitrogens with two attached hydrogens (primary N) is 1. The molecule has 2 nitrogen and oxygen atoms in total. The van der Waals surface area contributed by atoms with Crippen LogP contribution in [0.4, 0.5) is 0 Å². The van der Waals surface area contributed by atoms with Gasteiger partial charge in [-0.3, -0.25) is 4.90 Å². The minimum atomic E-state index is 0.695. The maximum atomic E-state index is 6.03. The summed E-state index contributed by atoms with van der Waals surface area (Å²) in [7, 11) is 0. The average molecular weight is 240 g/mol. The van der Waals surface area contributed by atoms with E-state index in [1.807, 2.05) is 0 Å². The Bertz CT molecular complexity index is 228. The van der Waals surface area contributed by atoms with E-state index in [0.29, 0.717) is 6.04 Å². The first kappa shape index (κ1) is 11.4. The minimum Gasteiger partial charge on any atom is -0.329 e. The van der Waals surface area contributed by atoms with E-state index in [4.69, 9.17) is 5.73 Å². The molecule has 1 saturated carbocycles. The number of nitrogens with zero attached hydrogens (tertiary/aromatic N) is 1. The molecule has 92 valence electrons. The van der Waals surface area contributed by atoms with Gasteiger partial charge >= 0.3 is 0 Å². The summed E-state index contributed by atoms with van der Waals surface area (Å²) in [6, 6.07) is 0.695. The molecule has 2 saturated heterocycles. The van der Waals surface area contributed by atoms with E-state index in [2.05, 4.69) is 16.7 Å². The molecule has 2 heterocycles. The third-order valence-electron chi connectivity index (χ3n) is 4.97. The number of likely N-dealkylation sites (tertiary alicyclic amines) is 1. The summed E-state index contributed by atoms with van der Waals surface area (Å²) in [5.41, 5.74) is 6.03. The van der Waals surface area contributed by atoms with Gasteiger partial charge in [0.25, 0.3) is 0 Å². The quantitative estimate of drug-likeness (QED) is 0.815. The second kappa shape index (κ2) is 4.87. The van der Waals surface area contributed by atoms with Crippen LogP contribution >= 0.6 is 11.8 Å². The van der Waals surface area contributed by atoms with Crippen LogP contribution in [0, 0.1) is 17.8 Å². The maximum Gasteiger partial charge on any atom is 0.0255 e. The van der Waals surface area contributed by atoms with Crippen molar-refractivity contribution in [3.8, 4) is 0 Å². The van der Waals surface area contributed by atoms with Gasteiger partial charge in [0.05, 0.1) is 0 Å². The molecule has 16 heavy (non-hydrogen) atoms. The van der Waals surface area contributed by atoms with Gasteiger partial charge in [0.1, 0.15) is 0 Å². The van der Waals surface area contributed by atoms with Crippen LogP contribution < -0.4 is 5.73 Å². The summed E-state index contributed by atoms with van der Waals surface area (Å²) in [6.45, 7) is 3.59. The number of hydrogen-bond acceptors (Lipinski definition) is 3. The van der Waals surface area contributed by atoms with Crippen molar-refractivity contribution in [1.29, 1.82) is 0 Å². The van der Waals surface area contributed by atoms with E-state index in [1.165, 1.54) is 50.3 Å². The van der Waals surface area contributed by atoms with Crippen molar-refractivity contribution < 1.29 is 0 Å². The lowest BCUT2D eigenvalue weighted by molar-refractivity contribution is 0.178. The molecule has 4 atom stereocenters. The number of rotatable bonds is 3. The highest BCUT2D eigenvalue weighted by atomic mass is 32.2. The van der Waals surface area contributed by atoms with Crippen LogP contribution in [0.25, 0.3) is 0 Å². The molecule has 0 aromatic rings. The summed E-state index contributed by atoms with van der Waals surface area (Å²) < 4.78 is 0. The fourth-order valence-corrected chi connectivity index (χ4v) is 5.37. The van der Waals surface area contributed by atoms with Crippen LogP contribution in [-0.2, 0) is 0 Å². The lowest BCUT2D eigenvalue weighted by Gasteiger charge is -2.31. The van der Waals surface area contributed by atoms with Gasteiger partial charge in [-0.2, -0.15) is 11.8 Å². The fourth-order valence-electron chi connectivity index (χ4n) is 4.04. The first-order chi connectivity index (χ1) is 7.88. The summed E-state index contributed by atoms with van der Waals surface area (Å²) >= 11 is 2.12. The van der Waals surface area contributed by atoms with Crippen molar-refractivity contribution in [2.24, 2.45) is 23.5 Å². The summed E-state index contributed by atoms with van der Waals surface area (Å²) in [5.74, 6) is 5.63. The third kappa shape index (κ3) is 2.02.